The number of nitrogens with zero attached hydrogens (tertiary/aromatic N) is 2. The summed E-state index contributed by atoms with van der Waals surface area (Å²) in [5, 5.41) is 9.49. The summed E-state index contributed by atoms with van der Waals surface area (Å²) in [5.41, 5.74) is 5.87. The molecule has 0 bridgehead atoms. The molecule has 1 saturated heterocycles. The molecule has 3 N–H and O–H groups in total. The third-order valence-electron chi connectivity index (χ3n) is 5.33. The molecule has 0 spiro atoms. The molecule has 1 aromatic carbocycles. The van der Waals surface area contributed by atoms with E-state index in [-0.39, 0.29) is 44.1 Å². The largest absolute Gasteiger partial charge is 0.508 e. The molecule has 9 heteroatoms. The number of amides is 2. The van der Waals surface area contributed by atoms with Gasteiger partial charge in [0.05, 0.1) is 12.1 Å². The van der Waals surface area contributed by atoms with Crippen LogP contribution in [0.15, 0.2) is 47.3 Å². The van der Waals surface area contributed by atoms with Gasteiger partial charge >= 0.3 is 5.97 Å². The zero-order chi connectivity index (χ0) is 22.5. The number of hydrogen-bond acceptors (Lipinski definition) is 6. The predicted octanol–water partition coefficient (Wildman–Crippen LogP) is 0.812. The Kier molecular flexibility index (Phi) is 6.74. The minimum Gasteiger partial charge on any atom is -0.508 e. The smallest absolute Gasteiger partial charge is 0.338 e. The van der Waals surface area contributed by atoms with E-state index in [1.54, 1.807) is 37.3 Å². The highest BCUT2D eigenvalue weighted by Crippen LogP contribution is 2.25. The van der Waals surface area contributed by atoms with Crippen LogP contribution in [0.2, 0.25) is 0 Å². The Balaban J connectivity index is 1.66. The number of esters is 1. The van der Waals surface area contributed by atoms with E-state index in [1.165, 1.54) is 15.5 Å². The normalized spacial score (nSPS) is 18.0. The molecular formula is C22H25N3O6. The van der Waals surface area contributed by atoms with E-state index in [0.29, 0.717) is 11.3 Å². The van der Waals surface area contributed by atoms with Gasteiger partial charge in [0.25, 0.3) is 5.56 Å². The number of primary amides is 1. The van der Waals surface area contributed by atoms with Crippen molar-refractivity contribution in [2.45, 2.75) is 32.4 Å². The fourth-order valence-corrected chi connectivity index (χ4v) is 3.78. The first-order valence-corrected chi connectivity index (χ1v) is 9.97. The quantitative estimate of drug-likeness (QED) is 0.629. The van der Waals surface area contributed by atoms with Crippen molar-refractivity contribution >= 4 is 17.8 Å². The summed E-state index contributed by atoms with van der Waals surface area (Å²) >= 11 is 0. The van der Waals surface area contributed by atoms with Crippen molar-refractivity contribution in [1.82, 2.24) is 9.47 Å². The number of pyridine rings is 1. The summed E-state index contributed by atoms with van der Waals surface area (Å²) in [6, 6.07) is 11.0. The predicted molar refractivity (Wildman–Crippen MR) is 111 cm³/mol. The lowest BCUT2D eigenvalue weighted by Crippen LogP contribution is -2.32. The number of rotatable bonds is 7. The summed E-state index contributed by atoms with van der Waals surface area (Å²) in [5.74, 6) is -1.81. The zero-order valence-electron chi connectivity index (χ0n) is 17.2. The van der Waals surface area contributed by atoms with Gasteiger partial charge < -0.3 is 25.0 Å². The molecule has 0 aliphatic carbocycles. The van der Waals surface area contributed by atoms with Crippen LogP contribution in [0.25, 0.3) is 0 Å². The van der Waals surface area contributed by atoms with Crippen molar-refractivity contribution in [2.75, 3.05) is 13.1 Å². The molecule has 2 aromatic rings. The van der Waals surface area contributed by atoms with Gasteiger partial charge in [-0.1, -0.05) is 18.2 Å². The van der Waals surface area contributed by atoms with E-state index in [1.807, 2.05) is 0 Å². The Morgan fingerprint density at radius 3 is 2.52 bits per heavy atom. The lowest BCUT2D eigenvalue weighted by atomic mass is 10.0. The van der Waals surface area contributed by atoms with Crippen molar-refractivity contribution in [3.63, 3.8) is 0 Å². The van der Waals surface area contributed by atoms with Crippen molar-refractivity contribution in [1.29, 1.82) is 0 Å². The van der Waals surface area contributed by atoms with Gasteiger partial charge in [-0.05, 0) is 25.1 Å². The summed E-state index contributed by atoms with van der Waals surface area (Å²) in [7, 11) is 0. The number of likely N-dealkylation sites (tertiary alicyclic amines) is 1. The molecule has 1 aromatic heterocycles. The fraction of sp³-hybridized carbons (Fsp3) is 0.364. The maximum Gasteiger partial charge on any atom is 0.338 e. The number of aryl methyl sites for hydroxylation is 1. The number of carbonyl (C=O) groups is 3. The molecule has 1 aliphatic heterocycles. The maximum absolute atomic E-state index is 12.7. The van der Waals surface area contributed by atoms with Crippen molar-refractivity contribution in [2.24, 2.45) is 11.7 Å². The van der Waals surface area contributed by atoms with Crippen LogP contribution < -0.4 is 11.3 Å². The molecule has 164 valence electrons. The van der Waals surface area contributed by atoms with E-state index in [2.05, 4.69) is 0 Å². The van der Waals surface area contributed by atoms with Crippen LogP contribution in [-0.2, 0) is 20.9 Å². The highest BCUT2D eigenvalue weighted by Gasteiger charge is 2.38. The average molecular weight is 427 g/mol. The van der Waals surface area contributed by atoms with Crippen LogP contribution in [-0.4, -0.2) is 51.6 Å². The molecule has 0 saturated carbocycles. The molecule has 2 atom stereocenters. The van der Waals surface area contributed by atoms with Gasteiger partial charge in [-0.2, -0.15) is 0 Å². The number of aromatic nitrogens is 1. The molecule has 3 rings (SSSR count). The Hall–Kier alpha value is -3.62. The third-order valence-corrected chi connectivity index (χ3v) is 5.33. The minimum atomic E-state index is -0.651. The van der Waals surface area contributed by atoms with Gasteiger partial charge in [-0.25, -0.2) is 4.79 Å². The minimum absolute atomic E-state index is 0.00690. The second-order valence-corrected chi connectivity index (χ2v) is 7.63. The molecule has 0 radical (unpaired) electrons. The first-order valence-electron chi connectivity index (χ1n) is 9.97. The average Bonchev–Trinajstić information content (AvgIpc) is 3.09. The van der Waals surface area contributed by atoms with Crippen molar-refractivity contribution in [3.8, 4) is 5.75 Å². The lowest BCUT2D eigenvalue weighted by Gasteiger charge is -2.18. The monoisotopic (exact) mass is 427 g/mol. The van der Waals surface area contributed by atoms with Gasteiger partial charge in [0, 0.05) is 43.6 Å². The molecule has 0 unspecified atom stereocenters. The maximum atomic E-state index is 12.7. The summed E-state index contributed by atoms with van der Waals surface area (Å²) in [6.45, 7) is 2.20. The molecule has 2 heterocycles. The summed E-state index contributed by atoms with van der Waals surface area (Å²) in [4.78, 5) is 50.2. The SMILES string of the molecule is Cc1cc(O)cc(=O)n1CCC(=O)N1C[C@H](CC(N)=O)[C@H](OC(=O)c2ccccc2)C1. The van der Waals surface area contributed by atoms with Gasteiger partial charge in [-0.3, -0.25) is 14.4 Å². The molecular weight excluding hydrogens is 402 g/mol. The zero-order valence-corrected chi connectivity index (χ0v) is 17.2. The summed E-state index contributed by atoms with van der Waals surface area (Å²) < 4.78 is 6.99. The third kappa shape index (κ3) is 5.50. The first kappa shape index (κ1) is 22.1. The number of benzene rings is 1. The molecule has 1 aliphatic rings. The highest BCUT2D eigenvalue weighted by atomic mass is 16.5. The number of aromatic hydroxyl groups is 1. The van der Waals surface area contributed by atoms with E-state index in [0.717, 1.165) is 6.07 Å². The van der Waals surface area contributed by atoms with Gasteiger partial charge in [0.2, 0.25) is 11.8 Å². The molecule has 31 heavy (non-hydrogen) atoms. The van der Waals surface area contributed by atoms with Crippen molar-refractivity contribution < 1.29 is 24.2 Å². The number of nitrogens with two attached hydrogens (primary N) is 1. The second kappa shape index (κ2) is 9.46. The van der Waals surface area contributed by atoms with Gasteiger partial charge in [-0.15, -0.1) is 0 Å². The van der Waals surface area contributed by atoms with E-state index in [4.69, 9.17) is 10.5 Å². The molecule has 2 amide bonds. The Labute approximate surface area is 179 Å². The van der Waals surface area contributed by atoms with Crippen LogP contribution in [0.3, 0.4) is 0 Å². The Bertz CT molecular complexity index is 1030. The topological polar surface area (TPSA) is 132 Å². The second-order valence-electron chi connectivity index (χ2n) is 7.63. The standard InChI is InChI=1S/C22H25N3O6/c1-14-9-17(26)11-21(29)25(14)8-7-20(28)24-12-16(10-19(23)27)18(13-24)31-22(30)15-5-3-2-4-6-15/h2-6,9,11,16,18,26H,7-8,10,12-13H2,1H3,(H2,23,27)/t16-,18+/m0/s1. The number of hydrogen-bond donors (Lipinski definition) is 2. The Morgan fingerprint density at radius 2 is 1.87 bits per heavy atom. The van der Waals surface area contributed by atoms with Crippen LogP contribution in [0, 0.1) is 12.8 Å². The van der Waals surface area contributed by atoms with Crippen LogP contribution in [0.4, 0.5) is 0 Å². The highest BCUT2D eigenvalue weighted by molar-refractivity contribution is 5.89. The van der Waals surface area contributed by atoms with Crippen LogP contribution in [0.5, 0.6) is 5.75 Å². The number of carbonyl (C=O) groups excluding carboxylic acids is 3. The molecule has 1 fully saturated rings. The van der Waals surface area contributed by atoms with Crippen LogP contribution in [0.1, 0.15) is 28.9 Å². The van der Waals surface area contributed by atoms with Gasteiger partial charge in [0.1, 0.15) is 11.9 Å². The van der Waals surface area contributed by atoms with E-state index in [9.17, 15) is 24.3 Å². The van der Waals surface area contributed by atoms with E-state index < -0.39 is 29.5 Å². The summed E-state index contributed by atoms with van der Waals surface area (Å²) in [6.07, 6.45) is -0.608. The van der Waals surface area contributed by atoms with Gasteiger partial charge in [0.15, 0.2) is 0 Å². The number of ether oxygens (including phenoxy) is 1. The van der Waals surface area contributed by atoms with Crippen molar-refractivity contribution in [3.05, 3.63) is 64.1 Å². The first-order chi connectivity index (χ1) is 14.7. The van der Waals surface area contributed by atoms with Crippen LogP contribution >= 0.6 is 0 Å². The fourth-order valence-electron chi connectivity index (χ4n) is 3.78. The lowest BCUT2D eigenvalue weighted by molar-refractivity contribution is -0.131. The van der Waals surface area contributed by atoms with E-state index >= 15 is 0 Å². The Morgan fingerprint density at radius 1 is 1.16 bits per heavy atom. The molecule has 9 nitrogen and oxygen atoms in total.